The van der Waals surface area contributed by atoms with Crippen molar-refractivity contribution in [3.63, 3.8) is 0 Å². The van der Waals surface area contributed by atoms with Gasteiger partial charge in [0.05, 0.1) is 6.61 Å². The van der Waals surface area contributed by atoms with Crippen LogP contribution in [0.1, 0.15) is 13.3 Å². The minimum absolute atomic E-state index is 0.410. The van der Waals surface area contributed by atoms with Crippen LogP contribution in [0.25, 0.3) is 11.1 Å². The van der Waals surface area contributed by atoms with Crippen molar-refractivity contribution in [1.82, 2.24) is 0 Å². The van der Waals surface area contributed by atoms with Gasteiger partial charge in [-0.05, 0) is 29.7 Å². The third-order valence-electron chi connectivity index (χ3n) is 2.65. The molecule has 0 spiro atoms. The van der Waals surface area contributed by atoms with E-state index in [0.717, 1.165) is 23.2 Å². The first kappa shape index (κ1) is 13.1. The molecule has 2 aromatic rings. The first-order valence-electron chi connectivity index (χ1n) is 6.39. The number of ether oxygens (including phenoxy) is 1. The van der Waals surface area contributed by atoms with Gasteiger partial charge in [0, 0.05) is 5.69 Å². The first-order chi connectivity index (χ1) is 9.29. The fraction of sp³-hybridized carbons (Fsp3) is 0.188. The molecule has 3 nitrogen and oxygen atoms in total. The predicted octanol–water partition coefficient (Wildman–Crippen LogP) is 4.31. The lowest BCUT2D eigenvalue weighted by atomic mass is 10.1. The Bertz CT molecular complexity index is 537. The molecular formula is C16H17NO2. The van der Waals surface area contributed by atoms with Crippen LogP contribution in [-0.4, -0.2) is 12.7 Å². The zero-order valence-electron chi connectivity index (χ0n) is 10.9. The summed E-state index contributed by atoms with van der Waals surface area (Å²) >= 11 is 0. The van der Waals surface area contributed by atoms with Gasteiger partial charge < -0.3 is 4.74 Å². The summed E-state index contributed by atoms with van der Waals surface area (Å²) in [6, 6.07) is 17.7. The number of carbonyl (C=O) groups is 1. The van der Waals surface area contributed by atoms with Crippen molar-refractivity contribution in [2.45, 2.75) is 13.3 Å². The molecule has 0 aromatic heterocycles. The number of amides is 1. The lowest BCUT2D eigenvalue weighted by molar-refractivity contribution is 0.161. The molecule has 2 rings (SSSR count). The van der Waals surface area contributed by atoms with Gasteiger partial charge in [0.25, 0.3) is 0 Å². The van der Waals surface area contributed by atoms with Crippen LogP contribution in [0.2, 0.25) is 0 Å². The van der Waals surface area contributed by atoms with Gasteiger partial charge in [-0.25, -0.2) is 4.79 Å². The molecule has 0 fully saturated rings. The van der Waals surface area contributed by atoms with E-state index in [1.807, 2.05) is 61.5 Å². The molecule has 0 unspecified atom stereocenters. The summed E-state index contributed by atoms with van der Waals surface area (Å²) in [5, 5.41) is 2.73. The molecule has 0 aliphatic carbocycles. The maximum absolute atomic E-state index is 11.5. The maximum atomic E-state index is 11.5. The molecule has 2 aromatic carbocycles. The summed E-state index contributed by atoms with van der Waals surface area (Å²) in [5.74, 6) is 0. The molecular weight excluding hydrogens is 238 g/mol. The smallest absolute Gasteiger partial charge is 0.411 e. The highest BCUT2D eigenvalue weighted by molar-refractivity contribution is 5.85. The van der Waals surface area contributed by atoms with Crippen molar-refractivity contribution >= 4 is 11.8 Å². The SMILES string of the molecule is CCCOC(=O)Nc1cccc(-c2ccccc2)c1. The lowest BCUT2D eigenvalue weighted by Crippen LogP contribution is -2.13. The molecule has 19 heavy (non-hydrogen) atoms. The molecule has 1 amide bonds. The van der Waals surface area contributed by atoms with Gasteiger partial charge >= 0.3 is 6.09 Å². The molecule has 0 saturated carbocycles. The Labute approximate surface area is 113 Å². The lowest BCUT2D eigenvalue weighted by Gasteiger charge is -2.08. The van der Waals surface area contributed by atoms with Crippen molar-refractivity contribution in [3.8, 4) is 11.1 Å². The number of nitrogens with one attached hydrogen (secondary N) is 1. The Balaban J connectivity index is 2.10. The highest BCUT2D eigenvalue weighted by Gasteiger charge is 2.03. The van der Waals surface area contributed by atoms with Gasteiger partial charge in [0.1, 0.15) is 0 Å². The van der Waals surface area contributed by atoms with E-state index in [2.05, 4.69) is 5.32 Å². The summed E-state index contributed by atoms with van der Waals surface area (Å²) in [7, 11) is 0. The van der Waals surface area contributed by atoms with E-state index in [0.29, 0.717) is 6.61 Å². The second-order valence-corrected chi connectivity index (χ2v) is 4.21. The van der Waals surface area contributed by atoms with Crippen molar-refractivity contribution in [2.24, 2.45) is 0 Å². The van der Waals surface area contributed by atoms with E-state index >= 15 is 0 Å². The number of hydrogen-bond donors (Lipinski definition) is 1. The Morgan fingerprint density at radius 3 is 2.53 bits per heavy atom. The molecule has 1 N–H and O–H groups in total. The van der Waals surface area contributed by atoms with E-state index < -0.39 is 6.09 Å². The third-order valence-corrected chi connectivity index (χ3v) is 2.65. The summed E-state index contributed by atoms with van der Waals surface area (Å²) in [6.45, 7) is 2.40. The zero-order valence-corrected chi connectivity index (χ0v) is 10.9. The molecule has 0 aliphatic heterocycles. The average Bonchev–Trinajstić information content (AvgIpc) is 2.46. The fourth-order valence-corrected chi connectivity index (χ4v) is 1.76. The minimum Gasteiger partial charge on any atom is -0.449 e. The van der Waals surface area contributed by atoms with Crippen molar-refractivity contribution < 1.29 is 9.53 Å². The number of rotatable bonds is 4. The van der Waals surface area contributed by atoms with E-state index in [4.69, 9.17) is 4.74 Å². The highest BCUT2D eigenvalue weighted by atomic mass is 16.5. The molecule has 0 saturated heterocycles. The third kappa shape index (κ3) is 3.85. The minimum atomic E-state index is -0.410. The average molecular weight is 255 g/mol. The maximum Gasteiger partial charge on any atom is 0.411 e. The standard InChI is InChI=1S/C16H17NO2/c1-2-11-19-16(18)17-15-10-6-9-14(12-15)13-7-4-3-5-8-13/h3-10,12H,2,11H2,1H3,(H,17,18). The predicted molar refractivity (Wildman–Crippen MR) is 77.1 cm³/mol. The van der Waals surface area contributed by atoms with Crippen molar-refractivity contribution in [3.05, 3.63) is 54.6 Å². The zero-order chi connectivity index (χ0) is 13.5. The number of anilines is 1. The van der Waals surface area contributed by atoms with Gasteiger partial charge in [-0.15, -0.1) is 0 Å². The van der Waals surface area contributed by atoms with E-state index in [-0.39, 0.29) is 0 Å². The molecule has 0 bridgehead atoms. The molecule has 0 aliphatic rings. The normalized spacial score (nSPS) is 9.95. The second-order valence-electron chi connectivity index (χ2n) is 4.21. The summed E-state index contributed by atoms with van der Waals surface area (Å²) < 4.78 is 4.99. The highest BCUT2D eigenvalue weighted by Crippen LogP contribution is 2.22. The van der Waals surface area contributed by atoms with Gasteiger partial charge in [-0.3, -0.25) is 5.32 Å². The Kier molecular flexibility index (Phi) is 4.56. The Hall–Kier alpha value is -2.29. The van der Waals surface area contributed by atoms with Gasteiger partial charge in [0.2, 0.25) is 0 Å². The topological polar surface area (TPSA) is 38.3 Å². The van der Waals surface area contributed by atoms with Crippen LogP contribution in [-0.2, 0) is 4.74 Å². The monoisotopic (exact) mass is 255 g/mol. The van der Waals surface area contributed by atoms with Crippen LogP contribution < -0.4 is 5.32 Å². The number of hydrogen-bond acceptors (Lipinski definition) is 2. The van der Waals surface area contributed by atoms with Gasteiger partial charge in [-0.2, -0.15) is 0 Å². The molecule has 0 radical (unpaired) electrons. The Morgan fingerprint density at radius 2 is 1.79 bits per heavy atom. The van der Waals surface area contributed by atoms with Crippen molar-refractivity contribution in [2.75, 3.05) is 11.9 Å². The van der Waals surface area contributed by atoms with Gasteiger partial charge in [-0.1, -0.05) is 49.4 Å². The largest absolute Gasteiger partial charge is 0.449 e. The first-order valence-corrected chi connectivity index (χ1v) is 6.39. The molecule has 3 heteroatoms. The van der Waals surface area contributed by atoms with Crippen LogP contribution in [0.5, 0.6) is 0 Å². The number of carbonyl (C=O) groups excluding carboxylic acids is 1. The van der Waals surface area contributed by atoms with Crippen LogP contribution in [0.3, 0.4) is 0 Å². The molecule has 0 atom stereocenters. The number of benzene rings is 2. The summed E-state index contributed by atoms with van der Waals surface area (Å²) in [4.78, 5) is 11.5. The molecule has 98 valence electrons. The van der Waals surface area contributed by atoms with Crippen LogP contribution >= 0.6 is 0 Å². The summed E-state index contributed by atoms with van der Waals surface area (Å²) in [6.07, 6.45) is 0.407. The van der Waals surface area contributed by atoms with E-state index in [1.54, 1.807) is 0 Å². The quantitative estimate of drug-likeness (QED) is 0.884. The molecule has 0 heterocycles. The van der Waals surface area contributed by atoms with Crippen LogP contribution in [0.15, 0.2) is 54.6 Å². The summed E-state index contributed by atoms with van der Waals surface area (Å²) in [5.41, 5.74) is 2.92. The van der Waals surface area contributed by atoms with E-state index in [9.17, 15) is 4.79 Å². The van der Waals surface area contributed by atoms with Crippen LogP contribution in [0, 0.1) is 0 Å². The van der Waals surface area contributed by atoms with Crippen molar-refractivity contribution in [1.29, 1.82) is 0 Å². The van der Waals surface area contributed by atoms with E-state index in [1.165, 1.54) is 0 Å². The Morgan fingerprint density at radius 1 is 1.05 bits per heavy atom. The fourth-order valence-electron chi connectivity index (χ4n) is 1.76. The second kappa shape index (κ2) is 6.59. The van der Waals surface area contributed by atoms with Crippen LogP contribution in [0.4, 0.5) is 10.5 Å². The van der Waals surface area contributed by atoms with Gasteiger partial charge in [0.15, 0.2) is 0 Å².